The zero-order valence-corrected chi connectivity index (χ0v) is 33.2. The van der Waals surface area contributed by atoms with Crippen molar-refractivity contribution in [2.45, 2.75) is 122 Å². The van der Waals surface area contributed by atoms with E-state index in [0.717, 1.165) is 28.0 Å². The molecule has 1 saturated carbocycles. The molecule has 1 aliphatic carbocycles. The molecule has 0 N–H and O–H groups in total. The fraction of sp³-hybridized carbons (Fsp3) is 0.548. The second kappa shape index (κ2) is 18.2. The van der Waals surface area contributed by atoms with Gasteiger partial charge < -0.3 is 28.6 Å². The van der Waals surface area contributed by atoms with Crippen molar-refractivity contribution in [3.63, 3.8) is 0 Å². The first-order valence-corrected chi connectivity index (χ1v) is 18.7. The van der Waals surface area contributed by atoms with Gasteiger partial charge in [0.1, 0.15) is 29.5 Å². The lowest BCUT2D eigenvalue weighted by Crippen LogP contribution is -2.52. The molecule has 2 aromatic rings. The molecular weight excluding hydrogens is 711 g/mol. The molecule has 0 aromatic heterocycles. The number of alkyl halides is 1. The number of ether oxygens (including phenoxy) is 5. The lowest BCUT2D eigenvalue weighted by molar-refractivity contribution is -0.176. The number of hydrogen-bond acceptors (Lipinski definition) is 10. The zero-order valence-electron chi connectivity index (χ0n) is 33.2. The molecule has 12 nitrogen and oxygen atoms in total. The van der Waals surface area contributed by atoms with Crippen molar-refractivity contribution in [1.29, 1.82) is 0 Å². The minimum Gasteiger partial charge on any atom is -0.458 e. The number of carbonyl (C=O) groups excluding carboxylic acids is 5. The maximum Gasteiger partial charge on any atom is 0.410 e. The fourth-order valence-corrected chi connectivity index (χ4v) is 6.14. The van der Waals surface area contributed by atoms with E-state index in [1.807, 2.05) is 36.4 Å². The number of carbonyl (C=O) groups is 5. The number of benzene rings is 2. The summed E-state index contributed by atoms with van der Waals surface area (Å²) in [6.07, 6.45) is -0.102. The number of hydrogen-bond donors (Lipinski definition) is 0. The molecule has 1 aliphatic heterocycles. The van der Waals surface area contributed by atoms with Crippen LogP contribution < -0.4 is 0 Å². The number of nitrogens with zero attached hydrogens (tertiary/aromatic N) is 2. The summed E-state index contributed by atoms with van der Waals surface area (Å²) in [5.41, 5.74) is -0.153. The molecule has 0 unspecified atom stereocenters. The molecular formula is C42H55FN2O10. The second-order valence-corrected chi connectivity index (χ2v) is 15.8. The Morgan fingerprint density at radius 2 is 1.55 bits per heavy atom. The van der Waals surface area contributed by atoms with Crippen LogP contribution in [0.5, 0.6) is 0 Å². The lowest BCUT2D eigenvalue weighted by atomic mass is 9.98. The predicted octanol–water partition coefficient (Wildman–Crippen LogP) is 6.37. The first-order chi connectivity index (χ1) is 25.8. The molecule has 2 aromatic carbocycles. The molecule has 300 valence electrons. The van der Waals surface area contributed by atoms with E-state index >= 15 is 4.39 Å². The van der Waals surface area contributed by atoms with Gasteiger partial charge in [-0.1, -0.05) is 60.7 Å². The molecule has 13 heteroatoms. The van der Waals surface area contributed by atoms with Gasteiger partial charge in [0, 0.05) is 20.5 Å². The Hall–Kier alpha value is -4.78. The molecule has 2 aliphatic rings. The molecule has 3 atom stereocenters. The highest BCUT2D eigenvalue weighted by atomic mass is 19.1. The number of amides is 2. The first-order valence-electron chi connectivity index (χ1n) is 18.7. The maximum absolute atomic E-state index is 15.2. The van der Waals surface area contributed by atoms with E-state index in [-0.39, 0.29) is 13.0 Å². The van der Waals surface area contributed by atoms with Crippen LogP contribution in [0.4, 0.5) is 9.18 Å². The summed E-state index contributed by atoms with van der Waals surface area (Å²) >= 11 is 0. The van der Waals surface area contributed by atoms with Crippen LogP contribution in [-0.4, -0.2) is 102 Å². The van der Waals surface area contributed by atoms with Gasteiger partial charge in [-0.2, -0.15) is 0 Å². The van der Waals surface area contributed by atoms with Crippen molar-refractivity contribution < 1.29 is 52.0 Å². The molecule has 2 amide bonds. The third kappa shape index (κ3) is 12.4. The zero-order chi connectivity index (χ0) is 40.6. The molecule has 0 saturated heterocycles. The fourth-order valence-electron chi connectivity index (χ4n) is 6.14. The summed E-state index contributed by atoms with van der Waals surface area (Å²) in [7, 11) is 2.71. The normalized spacial score (nSPS) is 16.7. The highest BCUT2D eigenvalue weighted by molar-refractivity contribution is 5.93. The average Bonchev–Trinajstić information content (AvgIpc) is 3.96. The van der Waals surface area contributed by atoms with Gasteiger partial charge in [-0.3, -0.25) is 9.69 Å². The number of likely N-dealkylation sites (N-methyl/N-ethyl adjacent to an activating group) is 2. The summed E-state index contributed by atoms with van der Waals surface area (Å²) in [5.74, 6) is -3.43. The van der Waals surface area contributed by atoms with Crippen LogP contribution in [0.15, 0.2) is 60.7 Å². The third-order valence-corrected chi connectivity index (χ3v) is 9.54. The topological polar surface area (TPSA) is 138 Å². The lowest BCUT2D eigenvalue weighted by Gasteiger charge is -2.33. The summed E-state index contributed by atoms with van der Waals surface area (Å²) in [5, 5.41) is 0. The number of esters is 3. The second-order valence-electron chi connectivity index (χ2n) is 15.8. The van der Waals surface area contributed by atoms with Gasteiger partial charge in [0.05, 0.1) is 13.2 Å². The molecule has 0 radical (unpaired) electrons. The van der Waals surface area contributed by atoms with Gasteiger partial charge in [-0.15, -0.1) is 0 Å². The molecule has 55 heavy (non-hydrogen) atoms. The van der Waals surface area contributed by atoms with Crippen LogP contribution in [0.25, 0.3) is 5.57 Å². The van der Waals surface area contributed by atoms with E-state index in [1.54, 1.807) is 45.0 Å². The number of halogens is 1. The van der Waals surface area contributed by atoms with Crippen molar-refractivity contribution in [3.8, 4) is 0 Å². The van der Waals surface area contributed by atoms with Gasteiger partial charge in [-0.25, -0.2) is 23.6 Å². The Labute approximate surface area is 323 Å². The molecule has 4 rings (SSSR count). The third-order valence-electron chi connectivity index (χ3n) is 9.54. The summed E-state index contributed by atoms with van der Waals surface area (Å²) in [6, 6.07) is 15.4. The van der Waals surface area contributed by atoms with E-state index in [1.165, 1.54) is 45.3 Å². The summed E-state index contributed by atoms with van der Waals surface area (Å²) in [4.78, 5) is 69.3. The van der Waals surface area contributed by atoms with Gasteiger partial charge in [0.25, 0.3) is 5.91 Å². The smallest absolute Gasteiger partial charge is 0.410 e. The highest BCUT2D eigenvalue weighted by Crippen LogP contribution is 2.43. The first kappa shape index (κ1) is 43.0. The molecule has 0 bridgehead atoms. The minimum absolute atomic E-state index is 0.0555. The molecule has 0 spiro atoms. The Morgan fingerprint density at radius 3 is 2.11 bits per heavy atom. The predicted molar refractivity (Wildman–Crippen MR) is 202 cm³/mol. The standard InChI is InChI=1S/C42H55FN2O10/c1-28(53-38(49)42(22-23-42)45(8)39(50)55-40(2,3)4)35(46)44(7)33(26-41(5,6)43)36(47)54-34(37(48)52-27-30-12-10-9-11-13-30)19-16-29-14-17-31(18-15-29)32-20-24-51-25-21-32/h9-15,17-18,20,28,33-34H,16,19,21-27H2,1-8H3/t28-,33+,34-/m1/s1. The van der Waals surface area contributed by atoms with Gasteiger partial charge in [0.2, 0.25) is 0 Å². The van der Waals surface area contributed by atoms with Crippen LogP contribution >= 0.6 is 0 Å². The Kier molecular flexibility index (Phi) is 14.2. The van der Waals surface area contributed by atoms with Crippen LogP contribution in [0.1, 0.15) is 90.3 Å². The average molecular weight is 767 g/mol. The van der Waals surface area contributed by atoms with E-state index in [0.29, 0.717) is 32.5 Å². The molecule has 1 heterocycles. The minimum atomic E-state index is -1.95. The van der Waals surface area contributed by atoms with Crippen LogP contribution in [-0.2, 0) is 55.9 Å². The quantitative estimate of drug-likeness (QED) is 0.140. The van der Waals surface area contributed by atoms with Crippen molar-refractivity contribution in [3.05, 3.63) is 77.4 Å². The summed E-state index contributed by atoms with van der Waals surface area (Å²) in [6.45, 7) is 10.1. The van der Waals surface area contributed by atoms with E-state index in [9.17, 15) is 24.0 Å². The Morgan fingerprint density at radius 1 is 0.891 bits per heavy atom. The van der Waals surface area contributed by atoms with E-state index in [4.69, 9.17) is 23.7 Å². The van der Waals surface area contributed by atoms with E-state index in [2.05, 4.69) is 0 Å². The van der Waals surface area contributed by atoms with Crippen molar-refractivity contribution in [2.24, 2.45) is 0 Å². The van der Waals surface area contributed by atoms with Crippen LogP contribution in [0.3, 0.4) is 0 Å². The van der Waals surface area contributed by atoms with Crippen molar-refractivity contribution in [1.82, 2.24) is 9.80 Å². The number of aryl methyl sites for hydroxylation is 1. The Balaban J connectivity index is 1.48. The van der Waals surface area contributed by atoms with Gasteiger partial charge >= 0.3 is 24.0 Å². The van der Waals surface area contributed by atoms with Crippen LogP contribution in [0.2, 0.25) is 0 Å². The Bertz CT molecular complexity index is 1690. The highest BCUT2D eigenvalue weighted by Gasteiger charge is 2.58. The largest absolute Gasteiger partial charge is 0.458 e. The van der Waals surface area contributed by atoms with E-state index < -0.39 is 71.4 Å². The van der Waals surface area contributed by atoms with Gasteiger partial charge in [0.15, 0.2) is 12.2 Å². The van der Waals surface area contributed by atoms with Gasteiger partial charge in [-0.05, 0) is 95.9 Å². The van der Waals surface area contributed by atoms with Crippen molar-refractivity contribution >= 4 is 35.5 Å². The maximum atomic E-state index is 15.2. The summed E-state index contributed by atoms with van der Waals surface area (Å²) < 4.78 is 42.9. The number of rotatable bonds is 16. The van der Waals surface area contributed by atoms with Crippen molar-refractivity contribution in [2.75, 3.05) is 27.3 Å². The monoisotopic (exact) mass is 766 g/mol. The molecule has 1 fully saturated rings. The SMILES string of the molecule is C[C@@H](OC(=O)C1(N(C)C(=O)OC(C)(C)C)CC1)C(=O)N(C)[C@@H](CC(C)(C)F)C(=O)O[C@H](CCc1ccc(C2=CCOCC2)cc1)C(=O)OCc1ccccc1. The van der Waals surface area contributed by atoms with Crippen LogP contribution in [0, 0.1) is 0 Å².